The van der Waals surface area contributed by atoms with Crippen LogP contribution in [0.4, 0.5) is 0 Å². The van der Waals surface area contributed by atoms with E-state index in [-0.39, 0.29) is 42.5 Å². The molecule has 2 N–H and O–H groups in total. The van der Waals surface area contributed by atoms with Gasteiger partial charge in [0.25, 0.3) is 0 Å². The number of piperazine rings is 1. The minimum absolute atomic E-state index is 0. The van der Waals surface area contributed by atoms with Crippen LogP contribution in [0, 0.1) is 11.8 Å². The van der Waals surface area contributed by atoms with E-state index in [4.69, 9.17) is 0 Å². The highest BCUT2D eigenvalue weighted by Gasteiger charge is 2.32. The summed E-state index contributed by atoms with van der Waals surface area (Å²) in [7, 11) is 0. The molecule has 2 amide bonds. The third kappa shape index (κ3) is 6.64. The molecule has 0 aromatic heterocycles. The third-order valence-corrected chi connectivity index (χ3v) is 5.29. The molecule has 27 heavy (non-hydrogen) atoms. The summed E-state index contributed by atoms with van der Waals surface area (Å²) in [6.07, 6.45) is 0. The highest BCUT2D eigenvalue weighted by molar-refractivity contribution is 5.85. The number of benzene rings is 1. The molecule has 2 aliphatic heterocycles. The summed E-state index contributed by atoms with van der Waals surface area (Å²) >= 11 is 0. The number of nitrogens with one attached hydrogen (secondary N) is 2. The smallest absolute Gasteiger partial charge is 0.234 e. The first-order valence-electron chi connectivity index (χ1n) is 9.16. The van der Waals surface area contributed by atoms with Crippen LogP contribution in [0.15, 0.2) is 30.3 Å². The van der Waals surface area contributed by atoms with E-state index in [1.165, 1.54) is 0 Å². The average Bonchev–Trinajstić information content (AvgIpc) is 2.59. The van der Waals surface area contributed by atoms with E-state index in [0.29, 0.717) is 19.0 Å². The van der Waals surface area contributed by atoms with Gasteiger partial charge in [0.05, 0.1) is 6.54 Å². The Kier molecular flexibility index (Phi) is 10.1. The minimum atomic E-state index is 0. The maximum atomic E-state index is 12.5. The maximum Gasteiger partial charge on any atom is 0.234 e. The number of nitrogens with zero attached hydrogens (tertiary/aromatic N) is 2. The quantitative estimate of drug-likeness (QED) is 0.729. The molecule has 1 aromatic rings. The monoisotopic (exact) mass is 416 g/mol. The highest BCUT2D eigenvalue weighted by atomic mass is 35.5. The van der Waals surface area contributed by atoms with Crippen molar-refractivity contribution in [1.82, 2.24) is 20.4 Å². The van der Waals surface area contributed by atoms with Crippen LogP contribution in [0.2, 0.25) is 0 Å². The minimum Gasteiger partial charge on any atom is -0.351 e. The number of hydrogen-bond donors (Lipinski definition) is 2. The Bertz CT molecular complexity index is 591. The fourth-order valence-electron chi connectivity index (χ4n) is 3.34. The molecule has 2 saturated heterocycles. The van der Waals surface area contributed by atoms with Gasteiger partial charge in [-0.05, 0) is 24.6 Å². The van der Waals surface area contributed by atoms with Gasteiger partial charge in [0.1, 0.15) is 0 Å². The zero-order valence-corrected chi connectivity index (χ0v) is 17.4. The molecule has 0 radical (unpaired) electrons. The molecule has 1 unspecified atom stereocenters. The van der Waals surface area contributed by atoms with Crippen molar-refractivity contribution in [3.8, 4) is 0 Å². The molecule has 8 heteroatoms. The topological polar surface area (TPSA) is 64.7 Å². The molecule has 0 aliphatic carbocycles. The number of halogens is 2. The van der Waals surface area contributed by atoms with Crippen LogP contribution >= 0.6 is 24.8 Å². The van der Waals surface area contributed by atoms with E-state index >= 15 is 0 Å². The maximum absolute atomic E-state index is 12.5. The molecular weight excluding hydrogens is 387 g/mol. The van der Waals surface area contributed by atoms with Gasteiger partial charge in [-0.25, -0.2) is 0 Å². The van der Waals surface area contributed by atoms with Gasteiger partial charge in [0.2, 0.25) is 11.8 Å². The predicted molar refractivity (Wildman–Crippen MR) is 111 cm³/mol. The summed E-state index contributed by atoms with van der Waals surface area (Å²) in [6, 6.07) is 9.91. The second kappa shape index (κ2) is 11.5. The Morgan fingerprint density at radius 3 is 2.30 bits per heavy atom. The molecule has 6 nitrogen and oxygen atoms in total. The standard InChI is InChI=1S/C19H28N4O2.2ClH/c1-15(17-12-20-13-17)19(25)23-9-7-22(8-10-23)14-18(24)21-11-16-5-3-2-4-6-16;;/h2-6,15,17,20H,7-14H2,1H3,(H,21,24);2*1H. The van der Waals surface area contributed by atoms with Gasteiger partial charge in [0.15, 0.2) is 0 Å². The fraction of sp³-hybridized carbons (Fsp3) is 0.579. The zero-order valence-electron chi connectivity index (χ0n) is 15.7. The lowest BCUT2D eigenvalue weighted by molar-refractivity contribution is -0.139. The molecule has 2 aliphatic rings. The summed E-state index contributed by atoms with van der Waals surface area (Å²) in [5.74, 6) is 0.883. The van der Waals surface area contributed by atoms with Gasteiger partial charge in [-0.3, -0.25) is 14.5 Å². The van der Waals surface area contributed by atoms with Crippen molar-refractivity contribution in [3.05, 3.63) is 35.9 Å². The van der Waals surface area contributed by atoms with Crippen molar-refractivity contribution in [1.29, 1.82) is 0 Å². The number of hydrogen-bond acceptors (Lipinski definition) is 4. The number of carbonyl (C=O) groups excluding carboxylic acids is 2. The summed E-state index contributed by atoms with van der Waals surface area (Å²) in [5.41, 5.74) is 1.10. The Balaban J connectivity index is 0.00000182. The molecule has 1 atom stereocenters. The second-order valence-electron chi connectivity index (χ2n) is 7.07. The van der Waals surface area contributed by atoms with Crippen molar-refractivity contribution >= 4 is 36.6 Å². The Hall–Kier alpha value is -1.34. The highest BCUT2D eigenvalue weighted by Crippen LogP contribution is 2.19. The molecular formula is C19H30Cl2N4O2. The second-order valence-corrected chi connectivity index (χ2v) is 7.07. The molecule has 152 valence electrons. The van der Waals surface area contributed by atoms with Crippen LogP contribution in [-0.4, -0.2) is 67.4 Å². The van der Waals surface area contributed by atoms with E-state index in [9.17, 15) is 9.59 Å². The first-order valence-corrected chi connectivity index (χ1v) is 9.16. The Labute approximate surface area is 173 Å². The van der Waals surface area contributed by atoms with Crippen LogP contribution in [0.1, 0.15) is 12.5 Å². The normalized spacial score (nSPS) is 18.5. The van der Waals surface area contributed by atoms with E-state index in [0.717, 1.165) is 44.8 Å². The predicted octanol–water partition coefficient (Wildman–Crippen LogP) is 1.15. The molecule has 0 bridgehead atoms. The molecule has 0 saturated carbocycles. The largest absolute Gasteiger partial charge is 0.351 e. The van der Waals surface area contributed by atoms with Crippen LogP contribution in [0.3, 0.4) is 0 Å². The molecule has 3 rings (SSSR count). The average molecular weight is 417 g/mol. The van der Waals surface area contributed by atoms with Gasteiger partial charge in [-0.15, -0.1) is 24.8 Å². The summed E-state index contributed by atoms with van der Waals surface area (Å²) in [4.78, 5) is 28.7. The fourth-order valence-corrected chi connectivity index (χ4v) is 3.34. The SMILES string of the molecule is CC(C(=O)N1CCN(CC(=O)NCc2ccccc2)CC1)C1CNC1.Cl.Cl. The van der Waals surface area contributed by atoms with E-state index < -0.39 is 0 Å². The third-order valence-electron chi connectivity index (χ3n) is 5.29. The lowest BCUT2D eigenvalue weighted by Crippen LogP contribution is -2.55. The Morgan fingerprint density at radius 1 is 1.11 bits per heavy atom. The summed E-state index contributed by atoms with van der Waals surface area (Å²) in [5, 5.41) is 6.19. The van der Waals surface area contributed by atoms with Crippen LogP contribution < -0.4 is 10.6 Å². The van der Waals surface area contributed by atoms with Crippen molar-refractivity contribution < 1.29 is 9.59 Å². The summed E-state index contributed by atoms with van der Waals surface area (Å²) in [6.45, 7) is 7.87. The molecule has 0 spiro atoms. The van der Waals surface area contributed by atoms with Crippen molar-refractivity contribution in [2.24, 2.45) is 11.8 Å². The van der Waals surface area contributed by atoms with Crippen molar-refractivity contribution in [2.45, 2.75) is 13.5 Å². The zero-order chi connectivity index (χ0) is 17.6. The van der Waals surface area contributed by atoms with Crippen LogP contribution in [0.25, 0.3) is 0 Å². The number of rotatable bonds is 6. The molecule has 2 heterocycles. The van der Waals surface area contributed by atoms with Crippen LogP contribution in [-0.2, 0) is 16.1 Å². The van der Waals surface area contributed by atoms with Crippen molar-refractivity contribution in [2.75, 3.05) is 45.8 Å². The van der Waals surface area contributed by atoms with Crippen molar-refractivity contribution in [3.63, 3.8) is 0 Å². The van der Waals surface area contributed by atoms with E-state index in [1.807, 2.05) is 42.2 Å². The van der Waals surface area contributed by atoms with Gasteiger partial charge < -0.3 is 15.5 Å². The lowest BCUT2D eigenvalue weighted by atomic mass is 9.88. The first-order chi connectivity index (χ1) is 12.1. The van der Waals surface area contributed by atoms with Gasteiger partial charge >= 0.3 is 0 Å². The van der Waals surface area contributed by atoms with E-state index in [2.05, 4.69) is 15.5 Å². The van der Waals surface area contributed by atoms with Gasteiger partial charge in [0, 0.05) is 38.6 Å². The van der Waals surface area contributed by atoms with Crippen LogP contribution in [0.5, 0.6) is 0 Å². The number of amides is 2. The lowest BCUT2D eigenvalue weighted by Gasteiger charge is -2.39. The molecule has 2 fully saturated rings. The van der Waals surface area contributed by atoms with E-state index in [1.54, 1.807) is 0 Å². The van der Waals surface area contributed by atoms with Gasteiger partial charge in [-0.2, -0.15) is 0 Å². The molecule has 1 aromatic carbocycles. The van der Waals surface area contributed by atoms with Gasteiger partial charge in [-0.1, -0.05) is 37.3 Å². The first kappa shape index (κ1) is 23.7. The Morgan fingerprint density at radius 2 is 1.74 bits per heavy atom. The number of carbonyl (C=O) groups is 2. The summed E-state index contributed by atoms with van der Waals surface area (Å²) < 4.78 is 0.